The fraction of sp³-hybridized carbons (Fsp3) is 0.333. The van der Waals surface area contributed by atoms with E-state index in [0.717, 1.165) is 29.9 Å². The monoisotopic (exact) mass is 256 g/mol. The molecule has 1 amide bonds. The quantitative estimate of drug-likeness (QED) is 0.913. The first kappa shape index (κ1) is 12.0. The number of aryl methyl sites for hydroxylation is 1. The van der Waals surface area contributed by atoms with Crippen molar-refractivity contribution in [3.8, 4) is 0 Å². The first-order valence-corrected chi connectivity index (χ1v) is 6.47. The molecule has 1 aromatic carbocycles. The van der Waals surface area contributed by atoms with E-state index in [1.54, 1.807) is 0 Å². The zero-order chi connectivity index (χ0) is 13.3. The van der Waals surface area contributed by atoms with Crippen LogP contribution in [-0.2, 0) is 16.8 Å². The molecule has 1 N–H and O–H groups in total. The molecule has 1 saturated carbocycles. The molecule has 1 fully saturated rings. The lowest BCUT2D eigenvalue weighted by Crippen LogP contribution is -2.34. The average molecular weight is 256 g/mol. The minimum atomic E-state index is -0.319. The summed E-state index contributed by atoms with van der Waals surface area (Å²) in [5.74, 6) is 0.841. The molecule has 19 heavy (non-hydrogen) atoms. The Kier molecular flexibility index (Phi) is 2.85. The Morgan fingerprint density at radius 2 is 2.11 bits per heavy atom. The van der Waals surface area contributed by atoms with Gasteiger partial charge in [0.1, 0.15) is 11.5 Å². The number of hydrogen-bond donors (Lipinski definition) is 1. The van der Waals surface area contributed by atoms with Crippen LogP contribution in [0.3, 0.4) is 0 Å². The molecule has 1 aromatic heterocycles. The van der Waals surface area contributed by atoms with Crippen molar-refractivity contribution in [3.05, 3.63) is 53.4 Å². The van der Waals surface area contributed by atoms with E-state index in [4.69, 9.17) is 4.52 Å². The highest BCUT2D eigenvalue weighted by Gasteiger charge is 2.50. The van der Waals surface area contributed by atoms with Crippen molar-refractivity contribution in [3.63, 3.8) is 0 Å². The Morgan fingerprint density at radius 3 is 2.68 bits per heavy atom. The van der Waals surface area contributed by atoms with Crippen LogP contribution in [0.5, 0.6) is 0 Å². The molecular formula is C15H16N2O2. The molecule has 0 saturated heterocycles. The molecular weight excluding hydrogens is 240 g/mol. The summed E-state index contributed by atoms with van der Waals surface area (Å²) in [6.07, 6.45) is 1.83. The van der Waals surface area contributed by atoms with E-state index in [1.807, 2.05) is 43.3 Å². The standard InChI is InChI=1S/C15H16N2O2/c1-11-9-13(17-19-11)10-16-14(18)15(7-8-15)12-5-3-2-4-6-12/h2-6,9H,7-8,10H2,1H3,(H,16,18). The minimum Gasteiger partial charge on any atom is -0.361 e. The largest absolute Gasteiger partial charge is 0.361 e. The summed E-state index contributed by atoms with van der Waals surface area (Å²) in [6.45, 7) is 2.26. The number of nitrogens with zero attached hydrogens (tertiary/aromatic N) is 1. The van der Waals surface area contributed by atoms with Crippen LogP contribution in [0.15, 0.2) is 40.9 Å². The van der Waals surface area contributed by atoms with Gasteiger partial charge in [-0.3, -0.25) is 4.79 Å². The first-order chi connectivity index (χ1) is 9.21. The summed E-state index contributed by atoms with van der Waals surface area (Å²) < 4.78 is 4.98. The van der Waals surface area contributed by atoms with Crippen molar-refractivity contribution in [1.29, 1.82) is 0 Å². The summed E-state index contributed by atoms with van der Waals surface area (Å²) in [4.78, 5) is 12.3. The Balaban J connectivity index is 1.68. The lowest BCUT2D eigenvalue weighted by molar-refractivity contribution is -0.123. The number of benzene rings is 1. The van der Waals surface area contributed by atoms with E-state index in [2.05, 4.69) is 10.5 Å². The smallest absolute Gasteiger partial charge is 0.230 e. The molecule has 1 aliphatic carbocycles. The second kappa shape index (κ2) is 4.53. The molecule has 0 aliphatic heterocycles. The summed E-state index contributed by atoms with van der Waals surface area (Å²) >= 11 is 0. The maximum atomic E-state index is 12.3. The van der Waals surface area contributed by atoms with Gasteiger partial charge in [0, 0.05) is 6.07 Å². The van der Waals surface area contributed by atoms with Gasteiger partial charge in [-0.15, -0.1) is 0 Å². The van der Waals surface area contributed by atoms with Crippen LogP contribution in [-0.4, -0.2) is 11.1 Å². The van der Waals surface area contributed by atoms with Crippen molar-refractivity contribution in [2.75, 3.05) is 0 Å². The molecule has 3 rings (SSSR count). The van der Waals surface area contributed by atoms with E-state index in [1.165, 1.54) is 0 Å². The second-order valence-corrected chi connectivity index (χ2v) is 5.06. The molecule has 1 aliphatic rings. The van der Waals surface area contributed by atoms with E-state index in [-0.39, 0.29) is 11.3 Å². The maximum absolute atomic E-state index is 12.3. The zero-order valence-corrected chi connectivity index (χ0v) is 10.8. The topological polar surface area (TPSA) is 55.1 Å². The van der Waals surface area contributed by atoms with Crippen LogP contribution < -0.4 is 5.32 Å². The van der Waals surface area contributed by atoms with Gasteiger partial charge >= 0.3 is 0 Å². The number of carbonyl (C=O) groups excluding carboxylic acids is 1. The lowest BCUT2D eigenvalue weighted by atomic mass is 9.95. The summed E-state index contributed by atoms with van der Waals surface area (Å²) in [7, 11) is 0. The third-order valence-corrected chi connectivity index (χ3v) is 3.62. The second-order valence-electron chi connectivity index (χ2n) is 5.06. The molecule has 0 unspecified atom stereocenters. The zero-order valence-electron chi connectivity index (χ0n) is 10.8. The third kappa shape index (κ3) is 2.26. The number of nitrogens with one attached hydrogen (secondary N) is 1. The van der Waals surface area contributed by atoms with Gasteiger partial charge in [0.25, 0.3) is 0 Å². The highest BCUT2D eigenvalue weighted by Crippen LogP contribution is 2.48. The Morgan fingerprint density at radius 1 is 1.37 bits per heavy atom. The minimum absolute atomic E-state index is 0.0827. The Hall–Kier alpha value is -2.10. The Labute approximate surface area is 111 Å². The van der Waals surface area contributed by atoms with Crippen molar-refractivity contribution in [1.82, 2.24) is 10.5 Å². The van der Waals surface area contributed by atoms with Crippen molar-refractivity contribution < 1.29 is 9.32 Å². The maximum Gasteiger partial charge on any atom is 0.230 e. The number of aromatic nitrogens is 1. The van der Waals surface area contributed by atoms with Gasteiger partial charge in [-0.2, -0.15) is 0 Å². The van der Waals surface area contributed by atoms with Crippen LogP contribution in [0.25, 0.3) is 0 Å². The number of carbonyl (C=O) groups is 1. The molecule has 1 heterocycles. The van der Waals surface area contributed by atoms with Crippen molar-refractivity contribution in [2.45, 2.75) is 31.7 Å². The molecule has 2 aromatic rings. The lowest BCUT2D eigenvalue weighted by Gasteiger charge is -2.14. The van der Waals surface area contributed by atoms with E-state index >= 15 is 0 Å². The van der Waals surface area contributed by atoms with Gasteiger partial charge in [-0.25, -0.2) is 0 Å². The van der Waals surface area contributed by atoms with Crippen molar-refractivity contribution >= 4 is 5.91 Å². The molecule has 4 heteroatoms. The summed E-state index contributed by atoms with van der Waals surface area (Å²) in [6, 6.07) is 11.8. The SMILES string of the molecule is Cc1cc(CNC(=O)C2(c3ccccc3)CC2)no1. The molecule has 0 radical (unpaired) electrons. The van der Waals surface area contributed by atoms with Gasteiger partial charge in [0.2, 0.25) is 5.91 Å². The normalized spacial score (nSPS) is 16.1. The van der Waals surface area contributed by atoms with Crippen LogP contribution in [0, 0.1) is 6.92 Å². The summed E-state index contributed by atoms with van der Waals surface area (Å²) in [5, 5.41) is 6.83. The van der Waals surface area contributed by atoms with E-state index < -0.39 is 0 Å². The highest BCUT2D eigenvalue weighted by atomic mass is 16.5. The fourth-order valence-electron chi connectivity index (χ4n) is 2.37. The predicted octanol–water partition coefficient (Wildman–Crippen LogP) is 2.33. The molecule has 0 atom stereocenters. The van der Waals surface area contributed by atoms with Crippen LogP contribution in [0.1, 0.15) is 29.9 Å². The average Bonchev–Trinajstić information content (AvgIpc) is 3.15. The van der Waals surface area contributed by atoms with Gasteiger partial charge in [0.05, 0.1) is 12.0 Å². The summed E-state index contributed by atoms with van der Waals surface area (Å²) in [5.41, 5.74) is 1.54. The van der Waals surface area contributed by atoms with E-state index in [0.29, 0.717) is 6.54 Å². The molecule has 98 valence electrons. The third-order valence-electron chi connectivity index (χ3n) is 3.62. The van der Waals surface area contributed by atoms with E-state index in [9.17, 15) is 4.79 Å². The first-order valence-electron chi connectivity index (χ1n) is 6.47. The Bertz CT molecular complexity index is 585. The highest BCUT2D eigenvalue weighted by molar-refractivity contribution is 5.91. The molecule has 4 nitrogen and oxygen atoms in total. The fourth-order valence-corrected chi connectivity index (χ4v) is 2.37. The van der Waals surface area contributed by atoms with Gasteiger partial charge in [-0.05, 0) is 25.3 Å². The van der Waals surface area contributed by atoms with Gasteiger partial charge in [-0.1, -0.05) is 35.5 Å². The van der Waals surface area contributed by atoms with Crippen LogP contribution in [0.2, 0.25) is 0 Å². The predicted molar refractivity (Wildman–Crippen MR) is 70.4 cm³/mol. The number of hydrogen-bond acceptors (Lipinski definition) is 3. The number of rotatable bonds is 4. The van der Waals surface area contributed by atoms with Crippen molar-refractivity contribution in [2.24, 2.45) is 0 Å². The number of amides is 1. The van der Waals surface area contributed by atoms with Crippen LogP contribution >= 0.6 is 0 Å². The van der Waals surface area contributed by atoms with Gasteiger partial charge in [0.15, 0.2) is 0 Å². The molecule has 0 bridgehead atoms. The van der Waals surface area contributed by atoms with Gasteiger partial charge < -0.3 is 9.84 Å². The van der Waals surface area contributed by atoms with Crippen LogP contribution in [0.4, 0.5) is 0 Å². The molecule has 0 spiro atoms.